The second kappa shape index (κ2) is 6.24. The van der Waals surface area contributed by atoms with Crippen LogP contribution in [0, 0.1) is 12.7 Å². The Kier molecular flexibility index (Phi) is 4.41. The Morgan fingerprint density at radius 1 is 1.26 bits per heavy atom. The van der Waals surface area contributed by atoms with Crippen molar-refractivity contribution in [3.63, 3.8) is 0 Å². The third kappa shape index (κ3) is 3.26. The van der Waals surface area contributed by atoms with Gasteiger partial charge in [-0.05, 0) is 31.7 Å². The number of rotatable bonds is 5. The van der Waals surface area contributed by atoms with Gasteiger partial charge in [-0.2, -0.15) is 0 Å². The van der Waals surface area contributed by atoms with Crippen LogP contribution >= 0.6 is 0 Å². The molecule has 0 spiro atoms. The van der Waals surface area contributed by atoms with Gasteiger partial charge in [0.05, 0.1) is 5.69 Å². The van der Waals surface area contributed by atoms with E-state index in [4.69, 9.17) is 4.74 Å². The van der Waals surface area contributed by atoms with E-state index in [-0.39, 0.29) is 5.88 Å². The average molecular weight is 261 g/mol. The van der Waals surface area contributed by atoms with E-state index in [2.05, 4.69) is 15.3 Å². The zero-order valence-electron chi connectivity index (χ0n) is 11.0. The molecule has 5 heteroatoms. The molecule has 4 nitrogen and oxygen atoms in total. The van der Waals surface area contributed by atoms with Gasteiger partial charge in [-0.25, -0.2) is 9.37 Å². The molecule has 1 N–H and O–H groups in total. The standard InChI is InChI=1S/C14H16FN3O/c1-3-16-9-11-6-8-18-14(13(11)15)19-12-5-4-7-17-10(12)2/h4-8,16H,3,9H2,1-2H3. The fourth-order valence-electron chi connectivity index (χ4n) is 1.61. The minimum absolute atomic E-state index is 0.0218. The lowest BCUT2D eigenvalue weighted by molar-refractivity contribution is 0.413. The smallest absolute Gasteiger partial charge is 0.256 e. The fraction of sp³-hybridized carbons (Fsp3) is 0.286. The van der Waals surface area contributed by atoms with Crippen LogP contribution < -0.4 is 10.1 Å². The molecule has 0 fully saturated rings. The van der Waals surface area contributed by atoms with Gasteiger partial charge in [-0.1, -0.05) is 6.92 Å². The van der Waals surface area contributed by atoms with Crippen LogP contribution in [-0.2, 0) is 6.54 Å². The summed E-state index contributed by atoms with van der Waals surface area (Å²) in [5, 5.41) is 3.07. The maximum atomic E-state index is 14.2. The number of halogens is 1. The summed E-state index contributed by atoms with van der Waals surface area (Å²) in [7, 11) is 0. The van der Waals surface area contributed by atoms with E-state index >= 15 is 0 Å². The number of hydrogen-bond donors (Lipinski definition) is 1. The second-order valence-electron chi connectivity index (χ2n) is 4.06. The molecule has 0 amide bonds. The van der Waals surface area contributed by atoms with Crippen molar-refractivity contribution in [3.05, 3.63) is 47.7 Å². The molecule has 0 aromatic carbocycles. The van der Waals surface area contributed by atoms with Crippen LogP contribution in [-0.4, -0.2) is 16.5 Å². The molecular weight excluding hydrogens is 245 g/mol. The van der Waals surface area contributed by atoms with E-state index in [1.807, 2.05) is 6.92 Å². The number of hydrogen-bond acceptors (Lipinski definition) is 4. The van der Waals surface area contributed by atoms with Crippen molar-refractivity contribution in [2.75, 3.05) is 6.54 Å². The summed E-state index contributed by atoms with van der Waals surface area (Å²) < 4.78 is 19.6. The predicted octanol–water partition coefficient (Wildman–Crippen LogP) is 2.83. The first-order valence-corrected chi connectivity index (χ1v) is 6.16. The van der Waals surface area contributed by atoms with E-state index in [0.29, 0.717) is 23.6 Å². The lowest BCUT2D eigenvalue weighted by Crippen LogP contribution is -2.13. The van der Waals surface area contributed by atoms with Gasteiger partial charge in [-0.15, -0.1) is 0 Å². The molecule has 0 radical (unpaired) electrons. The second-order valence-corrected chi connectivity index (χ2v) is 4.06. The van der Waals surface area contributed by atoms with Crippen molar-refractivity contribution in [3.8, 4) is 11.6 Å². The minimum Gasteiger partial charge on any atom is -0.435 e. The monoisotopic (exact) mass is 261 g/mol. The molecule has 0 aliphatic carbocycles. The topological polar surface area (TPSA) is 47.0 Å². The molecule has 19 heavy (non-hydrogen) atoms. The van der Waals surface area contributed by atoms with Gasteiger partial charge in [0.2, 0.25) is 0 Å². The molecule has 2 aromatic heterocycles. The number of ether oxygens (including phenoxy) is 1. The Morgan fingerprint density at radius 2 is 2.11 bits per heavy atom. The Morgan fingerprint density at radius 3 is 2.84 bits per heavy atom. The molecule has 2 heterocycles. The number of pyridine rings is 2. The summed E-state index contributed by atoms with van der Waals surface area (Å²) in [6.45, 7) is 5.00. The van der Waals surface area contributed by atoms with Crippen molar-refractivity contribution in [2.24, 2.45) is 0 Å². The summed E-state index contributed by atoms with van der Waals surface area (Å²) in [6.07, 6.45) is 3.20. The van der Waals surface area contributed by atoms with Gasteiger partial charge in [0.1, 0.15) is 0 Å². The lowest BCUT2D eigenvalue weighted by atomic mass is 10.2. The molecule has 0 atom stereocenters. The van der Waals surface area contributed by atoms with E-state index in [9.17, 15) is 4.39 Å². The summed E-state index contributed by atoms with van der Waals surface area (Å²) in [5.41, 5.74) is 1.23. The van der Waals surface area contributed by atoms with Crippen molar-refractivity contribution in [1.29, 1.82) is 0 Å². The van der Waals surface area contributed by atoms with Crippen LogP contribution in [0.4, 0.5) is 4.39 Å². The van der Waals surface area contributed by atoms with Crippen LogP contribution in [0.25, 0.3) is 0 Å². The number of nitrogens with one attached hydrogen (secondary N) is 1. The highest BCUT2D eigenvalue weighted by Gasteiger charge is 2.12. The largest absolute Gasteiger partial charge is 0.435 e. The Labute approximate surface area is 111 Å². The summed E-state index contributed by atoms with van der Waals surface area (Å²) in [4.78, 5) is 8.02. The predicted molar refractivity (Wildman–Crippen MR) is 70.6 cm³/mol. The van der Waals surface area contributed by atoms with Gasteiger partial charge in [0.25, 0.3) is 5.88 Å². The molecule has 0 saturated carbocycles. The van der Waals surface area contributed by atoms with Crippen molar-refractivity contribution >= 4 is 0 Å². The van der Waals surface area contributed by atoms with Crippen molar-refractivity contribution < 1.29 is 9.13 Å². The molecule has 0 aliphatic heterocycles. The SMILES string of the molecule is CCNCc1ccnc(Oc2cccnc2C)c1F. The number of aryl methyl sites for hydroxylation is 1. The summed E-state index contributed by atoms with van der Waals surface area (Å²) >= 11 is 0. The van der Waals surface area contributed by atoms with E-state index in [1.54, 1.807) is 31.3 Å². The molecule has 2 aromatic rings. The quantitative estimate of drug-likeness (QED) is 0.899. The Bertz CT molecular complexity index is 560. The third-order valence-corrected chi connectivity index (χ3v) is 2.67. The number of aromatic nitrogens is 2. The molecule has 0 aliphatic rings. The van der Waals surface area contributed by atoms with Gasteiger partial charge in [0, 0.05) is 24.5 Å². The summed E-state index contributed by atoms with van der Waals surface area (Å²) in [6, 6.07) is 5.12. The first kappa shape index (κ1) is 13.4. The molecule has 0 unspecified atom stereocenters. The van der Waals surface area contributed by atoms with Gasteiger partial charge < -0.3 is 10.1 Å². The van der Waals surface area contributed by atoms with E-state index in [1.165, 1.54) is 6.20 Å². The summed E-state index contributed by atoms with van der Waals surface area (Å²) in [5.74, 6) is 0.0488. The lowest BCUT2D eigenvalue weighted by Gasteiger charge is -2.10. The van der Waals surface area contributed by atoms with Crippen LogP contribution in [0.15, 0.2) is 30.6 Å². The van der Waals surface area contributed by atoms with Gasteiger partial charge in [-0.3, -0.25) is 4.98 Å². The van der Waals surface area contributed by atoms with Gasteiger partial charge in [0.15, 0.2) is 11.6 Å². The van der Waals surface area contributed by atoms with Crippen molar-refractivity contribution in [1.82, 2.24) is 15.3 Å². The highest BCUT2D eigenvalue weighted by Crippen LogP contribution is 2.25. The van der Waals surface area contributed by atoms with E-state index in [0.717, 1.165) is 6.54 Å². The maximum Gasteiger partial charge on any atom is 0.256 e. The molecule has 0 saturated heterocycles. The molecule has 0 bridgehead atoms. The Balaban J connectivity index is 2.23. The Hall–Kier alpha value is -2.01. The zero-order valence-corrected chi connectivity index (χ0v) is 11.0. The minimum atomic E-state index is -0.438. The average Bonchev–Trinajstić information content (AvgIpc) is 2.42. The first-order valence-electron chi connectivity index (χ1n) is 6.16. The van der Waals surface area contributed by atoms with Crippen LogP contribution in [0.5, 0.6) is 11.6 Å². The molecular formula is C14H16FN3O. The highest BCUT2D eigenvalue weighted by molar-refractivity contribution is 5.32. The number of nitrogens with zero attached hydrogens (tertiary/aromatic N) is 2. The zero-order chi connectivity index (χ0) is 13.7. The van der Waals surface area contributed by atoms with Gasteiger partial charge >= 0.3 is 0 Å². The van der Waals surface area contributed by atoms with E-state index < -0.39 is 5.82 Å². The molecule has 100 valence electrons. The fourth-order valence-corrected chi connectivity index (χ4v) is 1.61. The highest BCUT2D eigenvalue weighted by atomic mass is 19.1. The van der Waals surface area contributed by atoms with Crippen LogP contribution in [0.1, 0.15) is 18.2 Å². The third-order valence-electron chi connectivity index (χ3n) is 2.67. The normalized spacial score (nSPS) is 10.5. The first-order chi connectivity index (χ1) is 9.22. The molecule has 2 rings (SSSR count). The maximum absolute atomic E-state index is 14.2. The van der Waals surface area contributed by atoms with Crippen molar-refractivity contribution in [2.45, 2.75) is 20.4 Å². The van der Waals surface area contributed by atoms with Crippen LogP contribution in [0.2, 0.25) is 0 Å². The van der Waals surface area contributed by atoms with Crippen LogP contribution in [0.3, 0.4) is 0 Å².